The molecule has 0 bridgehead atoms. The molecule has 0 spiro atoms. The van der Waals surface area contributed by atoms with Gasteiger partial charge in [-0.2, -0.15) is 5.10 Å². The Bertz CT molecular complexity index is 1500. The molecule has 4 aromatic rings. The molecule has 4 rings (SSSR count). The van der Waals surface area contributed by atoms with Crippen molar-refractivity contribution in [3.05, 3.63) is 86.6 Å². The van der Waals surface area contributed by atoms with E-state index in [9.17, 15) is 19.2 Å². The first kappa shape index (κ1) is 21.0. The van der Waals surface area contributed by atoms with Gasteiger partial charge in [0, 0.05) is 23.9 Å². The second kappa shape index (κ2) is 8.10. The van der Waals surface area contributed by atoms with Crippen LogP contribution in [0.5, 0.6) is 0 Å². The lowest BCUT2D eigenvalue weighted by Gasteiger charge is -2.14. The minimum absolute atomic E-state index is 0.00281. The van der Waals surface area contributed by atoms with Crippen LogP contribution < -0.4 is 22.0 Å². The molecular formula is C23H21N5O4. The Kier molecular flexibility index (Phi) is 5.31. The Morgan fingerprint density at radius 3 is 2.16 bits per heavy atom. The van der Waals surface area contributed by atoms with E-state index in [2.05, 4.69) is 16.0 Å². The van der Waals surface area contributed by atoms with E-state index in [0.29, 0.717) is 21.7 Å². The van der Waals surface area contributed by atoms with Crippen LogP contribution in [-0.2, 0) is 7.05 Å². The predicted molar refractivity (Wildman–Crippen MR) is 121 cm³/mol. The normalized spacial score (nSPS) is 11.1. The number of carbonyl (C=O) groups excluding carboxylic acids is 2. The average molecular weight is 431 g/mol. The fraction of sp³-hybridized carbons (Fsp3) is 0.174. The molecule has 0 saturated heterocycles. The van der Waals surface area contributed by atoms with Crippen molar-refractivity contribution < 1.29 is 9.59 Å². The van der Waals surface area contributed by atoms with Gasteiger partial charge in [0.15, 0.2) is 5.69 Å². The summed E-state index contributed by atoms with van der Waals surface area (Å²) in [6, 6.07) is 14.6. The number of hydrogen-bond acceptors (Lipinski definition) is 5. The number of benzene rings is 2. The van der Waals surface area contributed by atoms with Crippen LogP contribution in [-0.4, -0.2) is 26.2 Å². The van der Waals surface area contributed by atoms with Gasteiger partial charge in [-0.3, -0.25) is 30.0 Å². The molecule has 162 valence electrons. The minimum atomic E-state index is -0.683. The number of aryl methyl sites for hydroxylation is 1. The summed E-state index contributed by atoms with van der Waals surface area (Å²) in [6.45, 7) is 3.57. The van der Waals surface area contributed by atoms with Gasteiger partial charge in [0.05, 0.1) is 22.5 Å². The third-order valence-electron chi connectivity index (χ3n) is 5.22. The van der Waals surface area contributed by atoms with E-state index in [-0.39, 0.29) is 28.4 Å². The largest absolute Gasteiger partial charge is 0.311 e. The zero-order valence-corrected chi connectivity index (χ0v) is 17.7. The van der Waals surface area contributed by atoms with Gasteiger partial charge in [-0.1, -0.05) is 36.4 Å². The lowest BCUT2D eigenvalue weighted by atomic mass is 10.1. The summed E-state index contributed by atoms with van der Waals surface area (Å²) in [6.07, 6.45) is 0. The van der Waals surface area contributed by atoms with Crippen LogP contribution in [0.3, 0.4) is 0 Å². The Morgan fingerprint density at radius 1 is 0.875 bits per heavy atom. The molecule has 0 unspecified atom stereocenters. The third-order valence-corrected chi connectivity index (χ3v) is 5.22. The summed E-state index contributed by atoms with van der Waals surface area (Å²) in [5.41, 5.74) is 4.77. The third kappa shape index (κ3) is 3.53. The molecule has 32 heavy (non-hydrogen) atoms. The number of nitrogens with one attached hydrogen (secondary N) is 2. The first-order valence-corrected chi connectivity index (χ1v) is 10.0. The topological polar surface area (TPSA) is 115 Å². The van der Waals surface area contributed by atoms with Gasteiger partial charge < -0.3 is 4.57 Å². The van der Waals surface area contributed by atoms with Crippen molar-refractivity contribution in [3.63, 3.8) is 0 Å². The zero-order valence-electron chi connectivity index (χ0n) is 17.7. The zero-order chi connectivity index (χ0) is 23.0. The molecule has 0 fully saturated rings. The first-order chi connectivity index (χ1) is 15.3. The van der Waals surface area contributed by atoms with Gasteiger partial charge in [-0.05, 0) is 26.0 Å². The highest BCUT2D eigenvalue weighted by Gasteiger charge is 2.19. The van der Waals surface area contributed by atoms with Crippen molar-refractivity contribution in [1.82, 2.24) is 25.2 Å². The lowest BCUT2D eigenvalue weighted by Crippen LogP contribution is -2.43. The maximum atomic E-state index is 12.9. The smallest absolute Gasteiger partial charge is 0.290 e. The Hall–Kier alpha value is -4.27. The van der Waals surface area contributed by atoms with E-state index in [0.717, 1.165) is 0 Å². The number of amides is 2. The van der Waals surface area contributed by atoms with E-state index >= 15 is 0 Å². The van der Waals surface area contributed by atoms with Crippen molar-refractivity contribution in [2.24, 2.45) is 7.05 Å². The summed E-state index contributed by atoms with van der Waals surface area (Å²) in [7, 11) is 1.62. The SMILES string of the molecule is CC(C)n1nc(C(=O)NNC(=O)c2cc(=O)n(C)c3ccccc23)c2ccccc2c1=O. The van der Waals surface area contributed by atoms with Gasteiger partial charge in [0.2, 0.25) is 0 Å². The van der Waals surface area contributed by atoms with Crippen LogP contribution in [0, 0.1) is 0 Å². The maximum absolute atomic E-state index is 12.9. The number of pyridine rings is 1. The quantitative estimate of drug-likeness (QED) is 0.481. The van der Waals surface area contributed by atoms with Crippen LogP contribution in [0.1, 0.15) is 40.7 Å². The molecule has 2 N–H and O–H groups in total. The van der Waals surface area contributed by atoms with Crippen molar-refractivity contribution in [1.29, 1.82) is 0 Å². The van der Waals surface area contributed by atoms with E-state index in [1.54, 1.807) is 69.4 Å². The Balaban J connectivity index is 1.68. The van der Waals surface area contributed by atoms with Crippen molar-refractivity contribution in [3.8, 4) is 0 Å². The van der Waals surface area contributed by atoms with Crippen molar-refractivity contribution in [2.45, 2.75) is 19.9 Å². The van der Waals surface area contributed by atoms with Gasteiger partial charge in [-0.15, -0.1) is 0 Å². The molecule has 0 atom stereocenters. The fourth-order valence-electron chi connectivity index (χ4n) is 3.56. The summed E-state index contributed by atoms with van der Waals surface area (Å²) < 4.78 is 2.67. The van der Waals surface area contributed by atoms with Gasteiger partial charge >= 0.3 is 0 Å². The van der Waals surface area contributed by atoms with E-state index < -0.39 is 11.8 Å². The molecule has 2 amide bonds. The van der Waals surface area contributed by atoms with Crippen LogP contribution >= 0.6 is 0 Å². The van der Waals surface area contributed by atoms with Crippen LogP contribution in [0.25, 0.3) is 21.7 Å². The fourth-order valence-corrected chi connectivity index (χ4v) is 3.56. The Labute approximate surface area is 182 Å². The summed E-state index contributed by atoms with van der Waals surface area (Å²) in [5.74, 6) is -1.33. The highest BCUT2D eigenvalue weighted by atomic mass is 16.2. The molecule has 2 aromatic heterocycles. The highest BCUT2D eigenvalue weighted by molar-refractivity contribution is 6.09. The standard InChI is InChI=1S/C23H21N5O4/c1-13(2)28-23(32)16-10-5-4-9-15(16)20(26-28)22(31)25-24-21(30)17-12-19(29)27(3)18-11-7-6-8-14(17)18/h4-13H,1-3H3,(H,24,30)(H,25,31). The molecule has 0 radical (unpaired) electrons. The van der Waals surface area contributed by atoms with Crippen LogP contribution in [0.15, 0.2) is 64.2 Å². The number of aromatic nitrogens is 3. The van der Waals surface area contributed by atoms with Crippen LogP contribution in [0.4, 0.5) is 0 Å². The molecule has 9 nitrogen and oxygen atoms in total. The molecule has 0 aliphatic heterocycles. The van der Waals surface area contributed by atoms with Crippen LogP contribution in [0.2, 0.25) is 0 Å². The molecule has 0 aliphatic carbocycles. The highest BCUT2D eigenvalue weighted by Crippen LogP contribution is 2.17. The van der Waals surface area contributed by atoms with Gasteiger partial charge in [-0.25, -0.2) is 4.68 Å². The molecule has 2 heterocycles. The number of nitrogens with zero attached hydrogens (tertiary/aromatic N) is 3. The minimum Gasteiger partial charge on any atom is -0.311 e. The molecule has 0 saturated carbocycles. The van der Waals surface area contributed by atoms with Gasteiger partial charge in [0.25, 0.3) is 22.9 Å². The number of fused-ring (bicyclic) bond motifs is 2. The van der Waals surface area contributed by atoms with Crippen molar-refractivity contribution >= 4 is 33.5 Å². The van der Waals surface area contributed by atoms with E-state index in [1.807, 2.05) is 0 Å². The summed E-state index contributed by atoms with van der Waals surface area (Å²) in [4.78, 5) is 50.6. The molecule has 9 heteroatoms. The molecule has 0 aliphatic rings. The second-order valence-corrected chi connectivity index (χ2v) is 7.62. The number of para-hydroxylation sites is 1. The Morgan fingerprint density at radius 2 is 1.47 bits per heavy atom. The maximum Gasteiger partial charge on any atom is 0.290 e. The second-order valence-electron chi connectivity index (χ2n) is 7.62. The number of rotatable bonds is 3. The van der Waals surface area contributed by atoms with Crippen molar-refractivity contribution in [2.75, 3.05) is 0 Å². The molecule has 2 aromatic carbocycles. The van der Waals surface area contributed by atoms with E-state index in [4.69, 9.17) is 0 Å². The number of carbonyl (C=O) groups is 2. The monoisotopic (exact) mass is 431 g/mol. The summed E-state index contributed by atoms with van der Waals surface area (Å²) in [5, 5.41) is 5.51. The van der Waals surface area contributed by atoms with E-state index in [1.165, 1.54) is 15.3 Å². The summed E-state index contributed by atoms with van der Waals surface area (Å²) >= 11 is 0. The lowest BCUT2D eigenvalue weighted by molar-refractivity contribution is 0.0844. The molecular weight excluding hydrogens is 410 g/mol. The van der Waals surface area contributed by atoms with Gasteiger partial charge in [0.1, 0.15) is 0 Å². The predicted octanol–water partition coefficient (Wildman–Crippen LogP) is 1.90. The number of hydrogen-bond donors (Lipinski definition) is 2. The number of hydrazine groups is 1. The average Bonchev–Trinajstić information content (AvgIpc) is 2.79. The first-order valence-electron chi connectivity index (χ1n) is 10.0.